The van der Waals surface area contributed by atoms with Gasteiger partial charge in [-0.25, -0.2) is 4.57 Å². The molecule has 0 aliphatic rings. The molecular weight excluding hydrogens is 565 g/mol. The second kappa shape index (κ2) is 18.5. The van der Waals surface area contributed by atoms with Gasteiger partial charge in [0.05, 0.1) is 34.2 Å². The highest BCUT2D eigenvalue weighted by molar-refractivity contribution is 8.76. The van der Waals surface area contributed by atoms with Crippen LogP contribution in [0.3, 0.4) is 0 Å². The first-order valence-electron chi connectivity index (χ1n) is 13.5. The molecule has 0 unspecified atom stereocenters. The van der Waals surface area contributed by atoms with E-state index in [1.54, 1.807) is 34.5 Å². The fraction of sp³-hybridized carbons (Fsp3) is 0.235. The Balaban J connectivity index is 1.37. The molecule has 0 radical (unpaired) electrons. The van der Waals surface area contributed by atoms with Crippen LogP contribution in [0.15, 0.2) is 96.3 Å². The van der Waals surface area contributed by atoms with Crippen LogP contribution in [0.1, 0.15) is 16.7 Å². The summed E-state index contributed by atoms with van der Waals surface area (Å²) in [7, 11) is 10.4. The van der Waals surface area contributed by atoms with Crippen LogP contribution in [0.25, 0.3) is 18.2 Å². The largest absolute Gasteiger partial charge is 0.497 e. The number of aliphatic imine (C=N–C) groups is 1. The Kier molecular flexibility index (Phi) is 14.4. The maximum absolute atomic E-state index is 5.46. The number of methoxy groups -OCH3 is 4. The topological polar surface area (TPSA) is 53.2 Å². The summed E-state index contributed by atoms with van der Waals surface area (Å²) in [5, 5.41) is 0. The molecule has 0 amide bonds. The lowest BCUT2D eigenvalue weighted by molar-refractivity contribution is -0.692. The van der Waals surface area contributed by atoms with Gasteiger partial charge in [0.1, 0.15) is 23.0 Å². The molecule has 1 aromatic heterocycles. The smallest absolute Gasteiger partial charge is 0.169 e. The summed E-state index contributed by atoms with van der Waals surface area (Å²) in [5.41, 5.74) is 4.00. The van der Waals surface area contributed by atoms with Crippen LogP contribution in [0.4, 0.5) is 0 Å². The summed E-state index contributed by atoms with van der Waals surface area (Å²) in [6.07, 6.45) is 17.9. The predicted octanol–water partition coefficient (Wildman–Crippen LogP) is 7.46. The van der Waals surface area contributed by atoms with Gasteiger partial charge in [0.2, 0.25) is 0 Å². The SMILES string of the molecule is C=CC(/C=C/c1cc(OC)ccc1OC)=C\C=NCCSSCC[n+]1ccc(/C=C/c2cc(OC)ccc2OC)cc1. The Morgan fingerprint density at radius 1 is 0.786 bits per heavy atom. The normalized spacial score (nSPS) is 11.9. The first-order valence-corrected chi connectivity index (χ1v) is 15.9. The number of allylic oxidation sites excluding steroid dienone is 4. The summed E-state index contributed by atoms with van der Waals surface area (Å²) < 4.78 is 23.7. The van der Waals surface area contributed by atoms with Crippen LogP contribution in [0.5, 0.6) is 23.0 Å². The quantitative estimate of drug-likeness (QED) is 0.0525. The molecule has 0 atom stereocenters. The molecule has 0 aliphatic heterocycles. The maximum atomic E-state index is 5.46. The van der Waals surface area contributed by atoms with Gasteiger partial charge in [0, 0.05) is 41.8 Å². The second-order valence-corrected chi connectivity index (χ2v) is 11.5. The monoisotopic (exact) mass is 603 g/mol. The molecule has 3 rings (SSSR count). The van der Waals surface area contributed by atoms with Crippen LogP contribution in [0, 0.1) is 0 Å². The summed E-state index contributed by atoms with van der Waals surface area (Å²) >= 11 is 0. The zero-order valence-corrected chi connectivity index (χ0v) is 26.3. The summed E-state index contributed by atoms with van der Waals surface area (Å²) in [5.74, 6) is 5.16. The van der Waals surface area contributed by atoms with E-state index in [-0.39, 0.29) is 0 Å². The van der Waals surface area contributed by atoms with Crippen LogP contribution in [-0.2, 0) is 6.54 Å². The van der Waals surface area contributed by atoms with Gasteiger partial charge in [-0.2, -0.15) is 0 Å². The Morgan fingerprint density at radius 2 is 1.40 bits per heavy atom. The van der Waals surface area contributed by atoms with E-state index in [2.05, 4.69) is 46.7 Å². The lowest BCUT2D eigenvalue weighted by Gasteiger charge is -2.07. The van der Waals surface area contributed by atoms with Crippen molar-refractivity contribution >= 4 is 46.0 Å². The molecule has 0 spiro atoms. The Bertz CT molecular complexity index is 1400. The number of hydrogen-bond acceptors (Lipinski definition) is 7. The van der Waals surface area contributed by atoms with E-state index in [1.807, 2.05) is 88.5 Å². The molecule has 8 heteroatoms. The Labute approximate surface area is 257 Å². The maximum Gasteiger partial charge on any atom is 0.169 e. The molecule has 2 aromatic carbocycles. The number of ether oxygens (including phenoxy) is 4. The van der Waals surface area contributed by atoms with Crippen molar-refractivity contribution in [3.05, 3.63) is 108 Å². The number of benzene rings is 2. The van der Waals surface area contributed by atoms with Crippen LogP contribution in [0.2, 0.25) is 0 Å². The third kappa shape index (κ3) is 10.8. The molecule has 0 bridgehead atoms. The molecule has 42 heavy (non-hydrogen) atoms. The van der Waals surface area contributed by atoms with Gasteiger partial charge in [0.25, 0.3) is 0 Å². The standard InChI is InChI=1S/C34H39N2O4S2/c1-6-27(7-9-29-25-31(37-2)11-13-33(29)39-4)15-18-35-19-23-41-42-24-22-36-20-16-28(17-21-36)8-10-30-26-32(38-3)12-14-34(30)40-5/h6-18,20-21,25-26H,1,19,22-24H2,2-5H3/q+1/b9-7+,10-8+,27-15+,35-18?. The average molecular weight is 604 g/mol. The number of pyridine rings is 1. The molecule has 0 saturated heterocycles. The van der Waals surface area contributed by atoms with Crippen LogP contribution < -0.4 is 23.5 Å². The molecule has 0 fully saturated rings. The third-order valence-corrected chi connectivity index (χ3v) is 8.49. The first kappa shape index (κ1) is 32.6. The van der Waals surface area contributed by atoms with Crippen molar-refractivity contribution in [1.29, 1.82) is 0 Å². The summed E-state index contributed by atoms with van der Waals surface area (Å²) in [4.78, 5) is 4.51. The van der Waals surface area contributed by atoms with Gasteiger partial charge in [-0.15, -0.1) is 0 Å². The molecule has 0 aliphatic carbocycles. The first-order chi connectivity index (χ1) is 20.6. The summed E-state index contributed by atoms with van der Waals surface area (Å²) in [6.45, 7) is 5.61. The lowest BCUT2D eigenvalue weighted by Crippen LogP contribution is -2.33. The van der Waals surface area contributed by atoms with E-state index < -0.39 is 0 Å². The molecule has 3 aromatic rings. The minimum absolute atomic E-state index is 0.762. The van der Waals surface area contributed by atoms with Gasteiger partial charge in [-0.05, 0) is 53.6 Å². The molecular formula is C34H39N2O4S2+. The van der Waals surface area contributed by atoms with Crippen molar-refractivity contribution in [1.82, 2.24) is 0 Å². The van der Waals surface area contributed by atoms with E-state index in [9.17, 15) is 0 Å². The fourth-order valence-corrected chi connectivity index (χ4v) is 5.65. The van der Waals surface area contributed by atoms with Crippen molar-refractivity contribution in [2.45, 2.75) is 6.54 Å². The molecule has 220 valence electrons. The number of aryl methyl sites for hydroxylation is 1. The minimum atomic E-state index is 0.762. The van der Waals surface area contributed by atoms with Crippen molar-refractivity contribution < 1.29 is 23.5 Å². The van der Waals surface area contributed by atoms with Crippen LogP contribution >= 0.6 is 21.6 Å². The molecule has 6 nitrogen and oxygen atoms in total. The Morgan fingerprint density at radius 3 is 2.00 bits per heavy atom. The molecule has 0 N–H and O–H groups in total. The van der Waals surface area contributed by atoms with Gasteiger partial charge >= 0.3 is 0 Å². The van der Waals surface area contributed by atoms with Crippen molar-refractivity contribution in [2.75, 3.05) is 46.5 Å². The van der Waals surface area contributed by atoms with Gasteiger partial charge in [-0.1, -0.05) is 58.5 Å². The van der Waals surface area contributed by atoms with Gasteiger partial charge in [0.15, 0.2) is 18.9 Å². The third-order valence-electron chi connectivity index (χ3n) is 6.13. The minimum Gasteiger partial charge on any atom is -0.497 e. The highest BCUT2D eigenvalue weighted by atomic mass is 33.1. The zero-order chi connectivity index (χ0) is 30.0. The average Bonchev–Trinajstić information content (AvgIpc) is 3.04. The van der Waals surface area contributed by atoms with Gasteiger partial charge < -0.3 is 18.9 Å². The van der Waals surface area contributed by atoms with Crippen molar-refractivity contribution in [3.63, 3.8) is 0 Å². The predicted molar refractivity (Wildman–Crippen MR) is 180 cm³/mol. The lowest BCUT2D eigenvalue weighted by atomic mass is 10.1. The van der Waals surface area contributed by atoms with Crippen molar-refractivity contribution in [2.24, 2.45) is 4.99 Å². The van der Waals surface area contributed by atoms with E-state index in [0.29, 0.717) is 0 Å². The van der Waals surface area contributed by atoms with E-state index in [4.69, 9.17) is 18.9 Å². The van der Waals surface area contributed by atoms with E-state index >= 15 is 0 Å². The van der Waals surface area contributed by atoms with E-state index in [0.717, 1.165) is 69.9 Å². The Hall–Kier alpha value is -3.88. The van der Waals surface area contributed by atoms with Gasteiger partial charge in [-0.3, -0.25) is 4.99 Å². The van der Waals surface area contributed by atoms with E-state index in [1.165, 1.54) is 0 Å². The summed E-state index contributed by atoms with van der Waals surface area (Å²) in [6, 6.07) is 15.7. The number of rotatable bonds is 17. The fourth-order valence-electron chi connectivity index (χ4n) is 3.80. The number of nitrogens with zero attached hydrogens (tertiary/aromatic N) is 2. The highest BCUT2D eigenvalue weighted by Crippen LogP contribution is 2.27. The molecule has 1 heterocycles. The highest BCUT2D eigenvalue weighted by Gasteiger charge is 2.04. The second-order valence-electron chi connectivity index (χ2n) is 8.82. The zero-order valence-electron chi connectivity index (χ0n) is 24.7. The number of aromatic nitrogens is 1. The molecule has 0 saturated carbocycles. The number of hydrogen-bond donors (Lipinski definition) is 0. The van der Waals surface area contributed by atoms with Crippen LogP contribution in [-0.4, -0.2) is 52.7 Å². The van der Waals surface area contributed by atoms with Crippen molar-refractivity contribution in [3.8, 4) is 23.0 Å².